The molecule has 0 bridgehead atoms. The summed E-state index contributed by atoms with van der Waals surface area (Å²) >= 11 is 5.75. The summed E-state index contributed by atoms with van der Waals surface area (Å²) in [7, 11) is 0. The molecule has 0 saturated heterocycles. The molecule has 88 valence electrons. The third kappa shape index (κ3) is 3.37. The summed E-state index contributed by atoms with van der Waals surface area (Å²) < 4.78 is 0. The van der Waals surface area contributed by atoms with E-state index >= 15 is 0 Å². The monoisotopic (exact) mass is 231 g/mol. The Morgan fingerprint density at radius 2 is 2.20 bits per heavy atom. The van der Waals surface area contributed by atoms with Crippen LogP contribution in [-0.2, 0) is 4.79 Å². The lowest BCUT2D eigenvalue weighted by Gasteiger charge is -2.38. The first-order valence-corrected chi connectivity index (χ1v) is 6.60. The topological polar surface area (TPSA) is 20.3 Å². The standard InChI is InChI=1S/C12H22ClNO/c1-3-5-10(2)12(15)14(9-8-13)11-6-4-7-11/h10-11H,3-9H2,1-2H3. The Balaban J connectivity index is 2.49. The zero-order chi connectivity index (χ0) is 11.3. The van der Waals surface area contributed by atoms with Gasteiger partial charge in [0.15, 0.2) is 0 Å². The average Bonchev–Trinajstić information content (AvgIpc) is 2.13. The molecule has 0 spiro atoms. The van der Waals surface area contributed by atoms with Crippen LogP contribution in [0, 0.1) is 5.92 Å². The predicted molar refractivity (Wildman–Crippen MR) is 64.1 cm³/mol. The summed E-state index contributed by atoms with van der Waals surface area (Å²) in [5, 5.41) is 0. The first-order chi connectivity index (χ1) is 7.20. The number of amides is 1. The number of rotatable bonds is 6. The molecule has 0 aromatic carbocycles. The van der Waals surface area contributed by atoms with Crippen LogP contribution >= 0.6 is 11.6 Å². The molecule has 0 aromatic heterocycles. The van der Waals surface area contributed by atoms with Crippen molar-refractivity contribution in [1.29, 1.82) is 0 Å². The van der Waals surface area contributed by atoms with E-state index in [0.717, 1.165) is 19.4 Å². The maximum atomic E-state index is 12.1. The van der Waals surface area contributed by atoms with Crippen molar-refractivity contribution in [3.8, 4) is 0 Å². The summed E-state index contributed by atoms with van der Waals surface area (Å²) in [6, 6.07) is 0.482. The third-order valence-electron chi connectivity index (χ3n) is 3.27. The van der Waals surface area contributed by atoms with Crippen LogP contribution in [0.25, 0.3) is 0 Å². The summed E-state index contributed by atoms with van der Waals surface area (Å²) in [6.07, 6.45) is 5.67. The molecule has 0 aliphatic heterocycles. The van der Waals surface area contributed by atoms with Gasteiger partial charge in [-0.05, 0) is 25.7 Å². The van der Waals surface area contributed by atoms with Crippen molar-refractivity contribution < 1.29 is 4.79 Å². The van der Waals surface area contributed by atoms with Crippen LogP contribution < -0.4 is 0 Å². The van der Waals surface area contributed by atoms with Gasteiger partial charge in [0.1, 0.15) is 0 Å². The SMILES string of the molecule is CCCC(C)C(=O)N(CCCl)C1CCC1. The molecule has 1 atom stereocenters. The van der Waals surface area contributed by atoms with Crippen molar-refractivity contribution >= 4 is 17.5 Å². The number of hydrogen-bond donors (Lipinski definition) is 0. The highest BCUT2D eigenvalue weighted by atomic mass is 35.5. The number of hydrogen-bond acceptors (Lipinski definition) is 1. The Morgan fingerprint density at radius 3 is 2.60 bits per heavy atom. The highest BCUT2D eigenvalue weighted by Crippen LogP contribution is 2.26. The Labute approximate surface area is 98.0 Å². The normalized spacial score (nSPS) is 18.3. The van der Waals surface area contributed by atoms with Crippen LogP contribution in [0.15, 0.2) is 0 Å². The van der Waals surface area contributed by atoms with Gasteiger partial charge in [0.25, 0.3) is 0 Å². The summed E-state index contributed by atoms with van der Waals surface area (Å²) in [6.45, 7) is 4.88. The Morgan fingerprint density at radius 1 is 1.53 bits per heavy atom. The summed E-state index contributed by atoms with van der Waals surface area (Å²) in [4.78, 5) is 14.1. The van der Waals surface area contributed by atoms with Gasteiger partial charge in [-0.3, -0.25) is 4.79 Å². The minimum atomic E-state index is 0.166. The molecule has 1 unspecified atom stereocenters. The lowest BCUT2D eigenvalue weighted by Crippen LogP contribution is -2.47. The van der Waals surface area contributed by atoms with E-state index in [-0.39, 0.29) is 5.92 Å². The summed E-state index contributed by atoms with van der Waals surface area (Å²) in [5.74, 6) is 1.03. The van der Waals surface area contributed by atoms with Crippen LogP contribution in [0.1, 0.15) is 46.0 Å². The number of carbonyl (C=O) groups is 1. The van der Waals surface area contributed by atoms with Gasteiger partial charge in [-0.15, -0.1) is 11.6 Å². The fourth-order valence-electron chi connectivity index (χ4n) is 2.10. The van der Waals surface area contributed by atoms with Crippen LogP contribution in [0.3, 0.4) is 0 Å². The van der Waals surface area contributed by atoms with Crippen molar-refractivity contribution in [3.63, 3.8) is 0 Å². The second-order valence-corrected chi connectivity index (χ2v) is 4.87. The molecule has 1 rings (SSSR count). The minimum absolute atomic E-state index is 0.166. The number of carbonyl (C=O) groups excluding carboxylic acids is 1. The molecule has 0 heterocycles. The molecule has 1 fully saturated rings. The van der Waals surface area contributed by atoms with Gasteiger partial charge in [-0.2, -0.15) is 0 Å². The van der Waals surface area contributed by atoms with Crippen molar-refractivity contribution in [2.24, 2.45) is 5.92 Å². The molecular formula is C12H22ClNO. The van der Waals surface area contributed by atoms with Gasteiger partial charge in [-0.25, -0.2) is 0 Å². The van der Waals surface area contributed by atoms with E-state index in [1.54, 1.807) is 0 Å². The van der Waals surface area contributed by atoms with Gasteiger partial charge in [0.2, 0.25) is 5.91 Å². The minimum Gasteiger partial charge on any atom is -0.338 e. The van der Waals surface area contributed by atoms with Crippen LogP contribution in [0.2, 0.25) is 0 Å². The Hall–Kier alpha value is -0.240. The zero-order valence-corrected chi connectivity index (χ0v) is 10.6. The fourth-order valence-corrected chi connectivity index (χ4v) is 2.28. The zero-order valence-electron chi connectivity index (χ0n) is 9.84. The fraction of sp³-hybridized carbons (Fsp3) is 0.917. The molecule has 15 heavy (non-hydrogen) atoms. The third-order valence-corrected chi connectivity index (χ3v) is 3.44. The van der Waals surface area contributed by atoms with Gasteiger partial charge in [-0.1, -0.05) is 20.3 Å². The molecule has 0 N–H and O–H groups in total. The highest BCUT2D eigenvalue weighted by Gasteiger charge is 2.30. The van der Waals surface area contributed by atoms with E-state index in [0.29, 0.717) is 17.8 Å². The first-order valence-electron chi connectivity index (χ1n) is 6.07. The van der Waals surface area contributed by atoms with E-state index in [1.165, 1.54) is 19.3 Å². The summed E-state index contributed by atoms with van der Waals surface area (Å²) in [5.41, 5.74) is 0. The van der Waals surface area contributed by atoms with E-state index in [9.17, 15) is 4.79 Å². The quantitative estimate of drug-likeness (QED) is 0.644. The molecule has 0 radical (unpaired) electrons. The Kier molecular flexibility index (Phi) is 5.44. The van der Waals surface area contributed by atoms with E-state index < -0.39 is 0 Å². The number of halogens is 1. The van der Waals surface area contributed by atoms with E-state index in [1.807, 2.05) is 11.8 Å². The molecule has 1 aliphatic rings. The van der Waals surface area contributed by atoms with Gasteiger partial charge in [0.05, 0.1) is 0 Å². The van der Waals surface area contributed by atoms with Crippen molar-refractivity contribution in [1.82, 2.24) is 4.90 Å². The van der Waals surface area contributed by atoms with E-state index in [2.05, 4.69) is 6.92 Å². The van der Waals surface area contributed by atoms with Crippen LogP contribution in [0.4, 0.5) is 0 Å². The first kappa shape index (κ1) is 12.8. The molecule has 3 heteroatoms. The van der Waals surface area contributed by atoms with Gasteiger partial charge in [0, 0.05) is 24.4 Å². The molecule has 1 aliphatic carbocycles. The van der Waals surface area contributed by atoms with Crippen LogP contribution in [-0.4, -0.2) is 29.3 Å². The maximum Gasteiger partial charge on any atom is 0.225 e. The second-order valence-electron chi connectivity index (χ2n) is 4.50. The van der Waals surface area contributed by atoms with Crippen LogP contribution in [0.5, 0.6) is 0 Å². The predicted octanol–water partition coefficient (Wildman–Crippen LogP) is 3.04. The number of nitrogens with zero attached hydrogens (tertiary/aromatic N) is 1. The molecule has 0 aromatic rings. The van der Waals surface area contributed by atoms with Crippen molar-refractivity contribution in [2.75, 3.05) is 12.4 Å². The molecule has 2 nitrogen and oxygen atoms in total. The number of alkyl halides is 1. The molecule has 1 amide bonds. The smallest absolute Gasteiger partial charge is 0.225 e. The Bertz CT molecular complexity index is 204. The average molecular weight is 232 g/mol. The lowest BCUT2D eigenvalue weighted by molar-refractivity contribution is -0.139. The second kappa shape index (κ2) is 6.37. The van der Waals surface area contributed by atoms with Gasteiger partial charge < -0.3 is 4.90 Å². The largest absolute Gasteiger partial charge is 0.338 e. The molecular weight excluding hydrogens is 210 g/mol. The molecule has 1 saturated carbocycles. The van der Waals surface area contributed by atoms with Crippen molar-refractivity contribution in [3.05, 3.63) is 0 Å². The van der Waals surface area contributed by atoms with Gasteiger partial charge >= 0.3 is 0 Å². The van der Waals surface area contributed by atoms with E-state index in [4.69, 9.17) is 11.6 Å². The highest BCUT2D eigenvalue weighted by molar-refractivity contribution is 6.18. The lowest BCUT2D eigenvalue weighted by atomic mass is 9.90. The maximum absolute atomic E-state index is 12.1. The van der Waals surface area contributed by atoms with Crippen molar-refractivity contribution in [2.45, 2.75) is 52.0 Å².